The van der Waals surface area contributed by atoms with E-state index < -0.39 is 10.0 Å². The van der Waals surface area contributed by atoms with E-state index in [4.69, 9.17) is 0 Å². The molecule has 3 aliphatic rings. The lowest BCUT2D eigenvalue weighted by Crippen LogP contribution is -2.36. The van der Waals surface area contributed by atoms with E-state index >= 15 is 0 Å². The molecule has 1 aromatic carbocycles. The lowest BCUT2D eigenvalue weighted by Gasteiger charge is -2.15. The van der Waals surface area contributed by atoms with Crippen LogP contribution in [0.3, 0.4) is 0 Å². The first-order valence-corrected chi connectivity index (χ1v) is 11.3. The second-order valence-corrected chi connectivity index (χ2v) is 9.71. The average molecular weight is 390 g/mol. The van der Waals surface area contributed by atoms with Crippen molar-refractivity contribution < 1.29 is 13.2 Å². The van der Waals surface area contributed by atoms with Crippen molar-refractivity contribution in [1.29, 1.82) is 0 Å². The standard InChI is InChI=1S/C20H27N3O3S/c24-20(21-18-11-12-23(14-18)13-16-1-2-16)10-5-15-3-8-19(9-4-15)27(25,26)22-17-6-7-17/h3-5,8-10,16-18,22H,1-2,6-7,11-14H2,(H,21,24)/b10-5+. The summed E-state index contributed by atoms with van der Waals surface area (Å²) in [5.41, 5.74) is 0.803. The smallest absolute Gasteiger partial charge is 0.244 e. The van der Waals surface area contributed by atoms with Crippen molar-refractivity contribution in [2.45, 2.75) is 49.1 Å². The van der Waals surface area contributed by atoms with E-state index in [1.54, 1.807) is 30.3 Å². The summed E-state index contributed by atoms with van der Waals surface area (Å²) >= 11 is 0. The van der Waals surface area contributed by atoms with Crippen LogP contribution in [0.15, 0.2) is 35.2 Å². The van der Waals surface area contributed by atoms with Gasteiger partial charge in [-0.3, -0.25) is 4.79 Å². The molecule has 2 aliphatic carbocycles. The van der Waals surface area contributed by atoms with Crippen LogP contribution in [0.2, 0.25) is 0 Å². The van der Waals surface area contributed by atoms with E-state index in [0.717, 1.165) is 43.8 Å². The number of nitrogens with one attached hydrogen (secondary N) is 2. The zero-order chi connectivity index (χ0) is 18.9. The third kappa shape index (κ3) is 5.40. The highest BCUT2D eigenvalue weighted by Gasteiger charge is 2.29. The molecule has 1 aliphatic heterocycles. The molecule has 1 atom stereocenters. The van der Waals surface area contributed by atoms with Crippen LogP contribution in [-0.2, 0) is 14.8 Å². The Hall–Kier alpha value is -1.70. The molecule has 0 aromatic heterocycles. The third-order valence-electron chi connectivity index (χ3n) is 5.35. The lowest BCUT2D eigenvalue weighted by molar-refractivity contribution is -0.117. The zero-order valence-corrected chi connectivity index (χ0v) is 16.2. The number of benzene rings is 1. The minimum atomic E-state index is -3.43. The van der Waals surface area contributed by atoms with Gasteiger partial charge in [-0.25, -0.2) is 13.1 Å². The van der Waals surface area contributed by atoms with Crippen LogP contribution in [-0.4, -0.2) is 50.9 Å². The maximum atomic E-state index is 12.2. The van der Waals surface area contributed by atoms with Crippen LogP contribution in [0.4, 0.5) is 0 Å². The Morgan fingerprint density at radius 1 is 1.07 bits per heavy atom. The summed E-state index contributed by atoms with van der Waals surface area (Å²) < 4.78 is 27.0. The van der Waals surface area contributed by atoms with Gasteiger partial charge in [0.1, 0.15) is 0 Å². The molecular formula is C20H27N3O3S. The van der Waals surface area contributed by atoms with Gasteiger partial charge in [-0.1, -0.05) is 12.1 Å². The Morgan fingerprint density at radius 3 is 2.48 bits per heavy atom. The summed E-state index contributed by atoms with van der Waals surface area (Å²) in [5.74, 6) is 0.783. The van der Waals surface area contributed by atoms with Crippen LogP contribution in [0.5, 0.6) is 0 Å². The monoisotopic (exact) mass is 389 g/mol. The fourth-order valence-corrected chi connectivity index (χ4v) is 4.75. The van der Waals surface area contributed by atoms with Gasteiger partial charge in [-0.05, 0) is 61.8 Å². The molecule has 0 radical (unpaired) electrons. The van der Waals surface area contributed by atoms with Crippen LogP contribution in [0.25, 0.3) is 6.08 Å². The van der Waals surface area contributed by atoms with E-state index in [-0.39, 0.29) is 22.9 Å². The number of rotatable bonds is 8. The Balaban J connectivity index is 1.26. The van der Waals surface area contributed by atoms with Gasteiger partial charge in [-0.2, -0.15) is 0 Å². The summed E-state index contributed by atoms with van der Waals surface area (Å²) in [6.07, 6.45) is 8.78. The predicted octanol–water partition coefficient (Wildman–Crippen LogP) is 1.74. The molecule has 146 valence electrons. The van der Waals surface area contributed by atoms with Crippen molar-refractivity contribution in [3.05, 3.63) is 35.9 Å². The first-order chi connectivity index (χ1) is 13.0. The van der Waals surface area contributed by atoms with Crippen LogP contribution < -0.4 is 10.0 Å². The molecular weight excluding hydrogens is 362 g/mol. The molecule has 0 spiro atoms. The molecule has 1 aromatic rings. The number of nitrogens with zero attached hydrogens (tertiary/aromatic N) is 1. The minimum absolute atomic E-state index is 0.0917. The average Bonchev–Trinajstić information content (AvgIpc) is 3.55. The van der Waals surface area contributed by atoms with Gasteiger partial charge < -0.3 is 10.2 Å². The maximum absolute atomic E-state index is 12.2. The zero-order valence-electron chi connectivity index (χ0n) is 15.4. The van der Waals surface area contributed by atoms with E-state index in [9.17, 15) is 13.2 Å². The number of carbonyl (C=O) groups excluding carboxylic acids is 1. The Kier molecular flexibility index (Phi) is 5.34. The quantitative estimate of drug-likeness (QED) is 0.664. The van der Waals surface area contributed by atoms with Gasteiger partial charge in [0.15, 0.2) is 0 Å². The van der Waals surface area contributed by atoms with Crippen LogP contribution >= 0.6 is 0 Å². The highest BCUT2D eigenvalue weighted by molar-refractivity contribution is 7.89. The molecule has 4 rings (SSSR count). The van der Waals surface area contributed by atoms with Crippen LogP contribution in [0, 0.1) is 5.92 Å². The van der Waals surface area contributed by atoms with E-state index in [0.29, 0.717) is 0 Å². The number of likely N-dealkylation sites (tertiary alicyclic amines) is 1. The maximum Gasteiger partial charge on any atom is 0.244 e. The molecule has 2 saturated carbocycles. The first kappa shape index (κ1) is 18.7. The molecule has 27 heavy (non-hydrogen) atoms. The number of hydrogen-bond donors (Lipinski definition) is 2. The van der Waals surface area contributed by atoms with E-state index in [1.807, 2.05) is 0 Å². The second-order valence-electron chi connectivity index (χ2n) is 8.00. The molecule has 0 bridgehead atoms. The molecule has 1 heterocycles. The number of hydrogen-bond acceptors (Lipinski definition) is 4. The summed E-state index contributed by atoms with van der Waals surface area (Å²) in [5, 5.41) is 3.06. The van der Waals surface area contributed by atoms with E-state index in [2.05, 4.69) is 14.9 Å². The van der Waals surface area contributed by atoms with Gasteiger partial charge in [0.05, 0.1) is 4.90 Å². The van der Waals surface area contributed by atoms with Gasteiger partial charge >= 0.3 is 0 Å². The Morgan fingerprint density at radius 2 is 1.81 bits per heavy atom. The van der Waals surface area contributed by atoms with Crippen molar-refractivity contribution in [2.75, 3.05) is 19.6 Å². The predicted molar refractivity (Wildman–Crippen MR) is 105 cm³/mol. The van der Waals surface area contributed by atoms with Crippen molar-refractivity contribution in [3.63, 3.8) is 0 Å². The summed E-state index contributed by atoms with van der Waals surface area (Å²) in [4.78, 5) is 14.9. The Labute approximate surface area is 161 Å². The van der Waals surface area contributed by atoms with Gasteiger partial charge in [0.25, 0.3) is 0 Å². The van der Waals surface area contributed by atoms with Crippen molar-refractivity contribution in [2.24, 2.45) is 5.92 Å². The van der Waals surface area contributed by atoms with E-state index in [1.165, 1.54) is 25.5 Å². The fraction of sp³-hybridized carbons (Fsp3) is 0.550. The molecule has 7 heteroatoms. The fourth-order valence-electron chi connectivity index (χ4n) is 3.45. The topological polar surface area (TPSA) is 78.5 Å². The SMILES string of the molecule is O=C(/C=C/c1ccc(S(=O)(=O)NC2CC2)cc1)NC1CCN(CC2CC2)C1. The summed E-state index contributed by atoms with van der Waals surface area (Å²) in [7, 11) is -3.43. The highest BCUT2D eigenvalue weighted by atomic mass is 32.2. The summed E-state index contributed by atoms with van der Waals surface area (Å²) in [6, 6.07) is 6.91. The highest BCUT2D eigenvalue weighted by Crippen LogP contribution is 2.30. The van der Waals surface area contributed by atoms with Gasteiger partial charge in [-0.15, -0.1) is 0 Å². The minimum Gasteiger partial charge on any atom is -0.348 e. The van der Waals surface area contributed by atoms with Gasteiger partial charge in [0.2, 0.25) is 15.9 Å². The normalized spacial score (nSPS) is 23.8. The molecule has 1 saturated heterocycles. The molecule has 1 unspecified atom stereocenters. The second kappa shape index (κ2) is 7.73. The first-order valence-electron chi connectivity index (χ1n) is 9.81. The molecule has 1 amide bonds. The summed E-state index contributed by atoms with van der Waals surface area (Å²) in [6.45, 7) is 3.18. The molecule has 2 N–H and O–H groups in total. The lowest BCUT2D eigenvalue weighted by atomic mass is 10.2. The van der Waals surface area contributed by atoms with Gasteiger partial charge in [0, 0.05) is 37.8 Å². The van der Waals surface area contributed by atoms with Crippen molar-refractivity contribution in [3.8, 4) is 0 Å². The number of sulfonamides is 1. The number of carbonyl (C=O) groups is 1. The Bertz CT molecular complexity index is 811. The number of amides is 1. The van der Waals surface area contributed by atoms with Crippen LogP contribution in [0.1, 0.15) is 37.7 Å². The third-order valence-corrected chi connectivity index (χ3v) is 6.89. The molecule has 6 nitrogen and oxygen atoms in total. The largest absolute Gasteiger partial charge is 0.348 e. The molecule has 3 fully saturated rings. The van der Waals surface area contributed by atoms with Crippen molar-refractivity contribution >= 4 is 22.0 Å². The van der Waals surface area contributed by atoms with Crippen molar-refractivity contribution in [1.82, 2.24) is 14.9 Å².